The first-order chi connectivity index (χ1) is 14.5. The van der Waals surface area contributed by atoms with Crippen molar-refractivity contribution in [2.75, 3.05) is 20.0 Å². The zero-order valence-corrected chi connectivity index (χ0v) is 17.9. The lowest BCUT2D eigenvalue weighted by molar-refractivity contribution is -0.134. The fourth-order valence-electron chi connectivity index (χ4n) is 3.57. The SMILES string of the molecule is CCOCOC[C@H](C[C@H](Cc1ccccc1)C(=O)NO)NC(=O)C1=CCC(C)CC1. The topological polar surface area (TPSA) is 96.9 Å². The quantitative estimate of drug-likeness (QED) is 0.210. The Morgan fingerprint density at radius 2 is 2.00 bits per heavy atom. The van der Waals surface area contributed by atoms with Crippen molar-refractivity contribution in [2.45, 2.75) is 52.0 Å². The summed E-state index contributed by atoms with van der Waals surface area (Å²) in [6.07, 6.45) is 5.44. The Hall–Kier alpha value is -2.22. The third-order valence-electron chi connectivity index (χ3n) is 5.36. The molecule has 1 aliphatic carbocycles. The number of allylic oxidation sites excluding steroid dienone is 1. The number of carbonyl (C=O) groups excluding carboxylic acids is 2. The first-order valence-electron chi connectivity index (χ1n) is 10.7. The number of ether oxygens (including phenoxy) is 2. The maximum absolute atomic E-state index is 12.8. The van der Waals surface area contributed by atoms with E-state index in [4.69, 9.17) is 9.47 Å². The third kappa shape index (κ3) is 8.26. The summed E-state index contributed by atoms with van der Waals surface area (Å²) in [5, 5.41) is 12.2. The molecular formula is C23H34N2O5. The molecule has 0 aliphatic heterocycles. The van der Waals surface area contributed by atoms with Crippen molar-refractivity contribution >= 4 is 11.8 Å². The van der Waals surface area contributed by atoms with Crippen LogP contribution in [-0.4, -0.2) is 43.1 Å². The number of hydrogen-bond donors (Lipinski definition) is 3. The summed E-state index contributed by atoms with van der Waals surface area (Å²) >= 11 is 0. The van der Waals surface area contributed by atoms with Gasteiger partial charge in [-0.25, -0.2) is 5.48 Å². The van der Waals surface area contributed by atoms with E-state index in [0.29, 0.717) is 25.4 Å². The summed E-state index contributed by atoms with van der Waals surface area (Å²) in [6, 6.07) is 9.21. The van der Waals surface area contributed by atoms with E-state index in [9.17, 15) is 14.8 Å². The average molecular weight is 419 g/mol. The third-order valence-corrected chi connectivity index (χ3v) is 5.36. The standard InChI is InChI=1S/C23H34N2O5/c1-3-29-16-30-15-21(24-22(26)19-11-9-17(2)10-12-19)14-20(23(27)25-28)13-18-7-5-4-6-8-18/h4-8,11,17,20-21,28H,3,9-10,12-16H2,1-2H3,(H,24,26)(H,25,27)/t17?,20-,21-/m0/s1. The molecule has 3 N–H and O–H groups in total. The zero-order chi connectivity index (χ0) is 21.8. The number of amides is 2. The second-order valence-electron chi connectivity index (χ2n) is 7.86. The van der Waals surface area contributed by atoms with Gasteiger partial charge in [0.25, 0.3) is 0 Å². The molecule has 166 valence electrons. The Morgan fingerprint density at radius 1 is 1.23 bits per heavy atom. The van der Waals surface area contributed by atoms with Crippen molar-refractivity contribution < 1.29 is 24.3 Å². The number of hydrogen-bond acceptors (Lipinski definition) is 5. The molecule has 0 fully saturated rings. The van der Waals surface area contributed by atoms with Crippen LogP contribution in [0.5, 0.6) is 0 Å². The van der Waals surface area contributed by atoms with Crippen molar-refractivity contribution in [1.29, 1.82) is 0 Å². The molecule has 0 saturated heterocycles. The van der Waals surface area contributed by atoms with Crippen LogP contribution in [0.25, 0.3) is 0 Å². The first kappa shape index (κ1) is 24.1. The smallest absolute Gasteiger partial charge is 0.247 e. The van der Waals surface area contributed by atoms with Crippen molar-refractivity contribution in [3.63, 3.8) is 0 Å². The molecule has 7 heteroatoms. The van der Waals surface area contributed by atoms with Gasteiger partial charge in [-0.2, -0.15) is 0 Å². The molecule has 1 aromatic carbocycles. The van der Waals surface area contributed by atoms with Crippen LogP contribution in [0.1, 0.15) is 45.1 Å². The highest BCUT2D eigenvalue weighted by molar-refractivity contribution is 5.93. The van der Waals surface area contributed by atoms with E-state index in [0.717, 1.165) is 30.4 Å². The largest absolute Gasteiger partial charge is 0.356 e. The van der Waals surface area contributed by atoms with Crippen LogP contribution in [0, 0.1) is 11.8 Å². The van der Waals surface area contributed by atoms with Crippen LogP contribution in [0.4, 0.5) is 0 Å². The molecule has 2 amide bonds. The van der Waals surface area contributed by atoms with Gasteiger partial charge in [-0.3, -0.25) is 14.8 Å². The Kier molecular flexibility index (Phi) is 10.5. The van der Waals surface area contributed by atoms with Gasteiger partial charge in [-0.05, 0) is 50.5 Å². The maximum atomic E-state index is 12.8. The lowest BCUT2D eigenvalue weighted by Gasteiger charge is -2.25. The van der Waals surface area contributed by atoms with Gasteiger partial charge < -0.3 is 14.8 Å². The normalized spacial score (nSPS) is 18.2. The van der Waals surface area contributed by atoms with Gasteiger partial charge >= 0.3 is 0 Å². The van der Waals surface area contributed by atoms with E-state index in [1.165, 1.54) is 0 Å². The van der Waals surface area contributed by atoms with Gasteiger partial charge in [0, 0.05) is 18.1 Å². The molecule has 1 aliphatic rings. The lowest BCUT2D eigenvalue weighted by Crippen LogP contribution is -2.43. The van der Waals surface area contributed by atoms with E-state index in [2.05, 4.69) is 12.2 Å². The number of nitrogens with one attached hydrogen (secondary N) is 2. The highest BCUT2D eigenvalue weighted by atomic mass is 16.7. The Morgan fingerprint density at radius 3 is 2.63 bits per heavy atom. The highest BCUT2D eigenvalue weighted by Gasteiger charge is 2.26. The van der Waals surface area contributed by atoms with Crippen LogP contribution in [0.2, 0.25) is 0 Å². The molecule has 1 unspecified atom stereocenters. The Labute approximate surface area is 178 Å². The highest BCUT2D eigenvalue weighted by Crippen LogP contribution is 2.23. The fourth-order valence-corrected chi connectivity index (χ4v) is 3.57. The number of rotatable bonds is 12. The summed E-state index contributed by atoms with van der Waals surface area (Å²) < 4.78 is 10.8. The van der Waals surface area contributed by atoms with E-state index < -0.39 is 11.8 Å². The second-order valence-corrected chi connectivity index (χ2v) is 7.86. The van der Waals surface area contributed by atoms with Gasteiger partial charge in [0.05, 0.1) is 12.6 Å². The minimum Gasteiger partial charge on any atom is -0.356 e. The predicted molar refractivity (Wildman–Crippen MR) is 114 cm³/mol. The number of benzene rings is 1. The van der Waals surface area contributed by atoms with Crippen LogP contribution < -0.4 is 10.8 Å². The lowest BCUT2D eigenvalue weighted by atomic mass is 9.90. The van der Waals surface area contributed by atoms with Crippen molar-refractivity contribution in [1.82, 2.24) is 10.8 Å². The zero-order valence-electron chi connectivity index (χ0n) is 17.9. The molecule has 7 nitrogen and oxygen atoms in total. The van der Waals surface area contributed by atoms with E-state index in [1.54, 1.807) is 5.48 Å². The molecule has 1 aromatic rings. The molecule has 0 bridgehead atoms. The second kappa shape index (κ2) is 13.2. The number of hydroxylamine groups is 1. The van der Waals surface area contributed by atoms with Crippen molar-refractivity contribution in [3.05, 3.63) is 47.5 Å². The van der Waals surface area contributed by atoms with E-state index in [-0.39, 0.29) is 25.3 Å². The molecular weight excluding hydrogens is 384 g/mol. The minimum absolute atomic E-state index is 0.116. The predicted octanol–water partition coefficient (Wildman–Crippen LogP) is 2.98. The summed E-state index contributed by atoms with van der Waals surface area (Å²) in [5.74, 6) is -0.516. The summed E-state index contributed by atoms with van der Waals surface area (Å²) in [6.45, 7) is 4.93. The molecule has 2 rings (SSSR count). The van der Waals surface area contributed by atoms with Crippen LogP contribution in [0.3, 0.4) is 0 Å². The molecule has 30 heavy (non-hydrogen) atoms. The molecule has 0 heterocycles. The monoisotopic (exact) mass is 418 g/mol. The summed E-state index contributed by atoms with van der Waals surface area (Å²) in [4.78, 5) is 25.1. The van der Waals surface area contributed by atoms with Gasteiger partial charge in [-0.1, -0.05) is 43.3 Å². The van der Waals surface area contributed by atoms with Gasteiger partial charge in [0.2, 0.25) is 11.8 Å². The number of carbonyl (C=O) groups is 2. The molecule has 3 atom stereocenters. The first-order valence-corrected chi connectivity index (χ1v) is 10.7. The van der Waals surface area contributed by atoms with E-state index in [1.807, 2.05) is 43.3 Å². The van der Waals surface area contributed by atoms with Gasteiger partial charge in [-0.15, -0.1) is 0 Å². The van der Waals surface area contributed by atoms with Crippen molar-refractivity contribution in [3.8, 4) is 0 Å². The molecule has 0 saturated carbocycles. The Balaban J connectivity index is 2.06. The Bertz CT molecular complexity index is 692. The maximum Gasteiger partial charge on any atom is 0.247 e. The summed E-state index contributed by atoms with van der Waals surface area (Å²) in [7, 11) is 0. The minimum atomic E-state index is -0.515. The van der Waals surface area contributed by atoms with E-state index >= 15 is 0 Å². The molecule has 0 radical (unpaired) electrons. The fraction of sp³-hybridized carbons (Fsp3) is 0.565. The van der Waals surface area contributed by atoms with Crippen LogP contribution in [-0.2, 0) is 25.5 Å². The molecule has 0 aromatic heterocycles. The van der Waals surface area contributed by atoms with Crippen molar-refractivity contribution in [2.24, 2.45) is 11.8 Å². The summed E-state index contributed by atoms with van der Waals surface area (Å²) in [5.41, 5.74) is 3.53. The van der Waals surface area contributed by atoms with Gasteiger partial charge in [0.1, 0.15) is 6.79 Å². The molecule has 0 spiro atoms. The van der Waals surface area contributed by atoms with Crippen LogP contribution in [0.15, 0.2) is 42.0 Å². The van der Waals surface area contributed by atoms with Gasteiger partial charge in [0.15, 0.2) is 0 Å². The van der Waals surface area contributed by atoms with Crippen LogP contribution >= 0.6 is 0 Å². The average Bonchev–Trinajstić information content (AvgIpc) is 2.76.